The van der Waals surface area contributed by atoms with Crippen molar-refractivity contribution < 1.29 is 19.6 Å². The number of carboxylic acid groups (broad SMARTS) is 1. The Morgan fingerprint density at radius 1 is 1.55 bits per heavy atom. The van der Waals surface area contributed by atoms with E-state index in [9.17, 15) is 14.9 Å². The number of nitrogens with zero attached hydrogens (tertiary/aromatic N) is 2. The van der Waals surface area contributed by atoms with Gasteiger partial charge in [0.1, 0.15) is 0 Å². The van der Waals surface area contributed by atoms with Gasteiger partial charge < -0.3 is 9.84 Å². The lowest BCUT2D eigenvalue weighted by Gasteiger charge is -2.20. The van der Waals surface area contributed by atoms with Crippen LogP contribution in [0.2, 0.25) is 0 Å². The number of rotatable bonds is 8. The van der Waals surface area contributed by atoms with Gasteiger partial charge in [-0.05, 0) is 21.5 Å². The van der Waals surface area contributed by atoms with Crippen LogP contribution in [0.1, 0.15) is 5.56 Å². The first-order chi connectivity index (χ1) is 9.45. The highest BCUT2D eigenvalue weighted by molar-refractivity contribution is 9.10. The van der Waals surface area contributed by atoms with Crippen molar-refractivity contribution in [1.29, 1.82) is 0 Å². The minimum atomic E-state index is -0.956. The Labute approximate surface area is 124 Å². The number of carbonyl (C=O) groups is 1. The lowest BCUT2D eigenvalue weighted by Crippen LogP contribution is -2.32. The largest absolute Gasteiger partial charge is 0.480 e. The summed E-state index contributed by atoms with van der Waals surface area (Å²) in [6, 6.07) is 4.69. The average Bonchev–Trinajstić information content (AvgIpc) is 2.37. The van der Waals surface area contributed by atoms with E-state index in [1.54, 1.807) is 17.0 Å². The van der Waals surface area contributed by atoms with Gasteiger partial charge in [-0.3, -0.25) is 19.8 Å². The molecule has 0 aromatic heterocycles. The molecule has 8 heteroatoms. The molecule has 7 nitrogen and oxygen atoms in total. The van der Waals surface area contributed by atoms with Crippen molar-refractivity contribution in [2.24, 2.45) is 0 Å². The first-order valence-corrected chi connectivity index (χ1v) is 6.60. The summed E-state index contributed by atoms with van der Waals surface area (Å²) in [7, 11) is 1.53. The molecule has 1 aromatic carbocycles. The van der Waals surface area contributed by atoms with Crippen molar-refractivity contribution in [3.8, 4) is 0 Å². The van der Waals surface area contributed by atoms with Crippen LogP contribution < -0.4 is 0 Å². The van der Waals surface area contributed by atoms with Gasteiger partial charge in [-0.2, -0.15) is 0 Å². The minimum Gasteiger partial charge on any atom is -0.480 e. The number of methoxy groups -OCH3 is 1. The third-order valence-corrected chi connectivity index (χ3v) is 3.53. The maximum atomic E-state index is 10.9. The summed E-state index contributed by atoms with van der Waals surface area (Å²) in [5.41, 5.74) is 0.626. The number of carboxylic acids is 1. The number of hydrogen-bond donors (Lipinski definition) is 1. The molecule has 20 heavy (non-hydrogen) atoms. The van der Waals surface area contributed by atoms with Crippen LogP contribution >= 0.6 is 15.9 Å². The molecule has 0 unspecified atom stereocenters. The SMILES string of the molecule is COCCN(CC(=O)O)Cc1cccc([N+](=O)[O-])c1Br. The van der Waals surface area contributed by atoms with Crippen LogP contribution in [-0.4, -0.2) is 47.7 Å². The summed E-state index contributed by atoms with van der Waals surface area (Å²) in [6.07, 6.45) is 0. The summed E-state index contributed by atoms with van der Waals surface area (Å²) in [4.78, 5) is 22.8. The van der Waals surface area contributed by atoms with Crippen LogP contribution in [0.25, 0.3) is 0 Å². The second-order valence-corrected chi connectivity index (χ2v) is 4.90. The van der Waals surface area contributed by atoms with Gasteiger partial charge in [0.25, 0.3) is 5.69 Å². The predicted molar refractivity (Wildman–Crippen MR) is 75.6 cm³/mol. The Morgan fingerprint density at radius 2 is 2.25 bits per heavy atom. The van der Waals surface area contributed by atoms with Crippen molar-refractivity contribution in [3.05, 3.63) is 38.3 Å². The molecule has 110 valence electrons. The van der Waals surface area contributed by atoms with E-state index in [0.29, 0.717) is 23.2 Å². The number of nitro benzene ring substituents is 1. The van der Waals surface area contributed by atoms with E-state index in [4.69, 9.17) is 9.84 Å². The Balaban J connectivity index is 2.89. The molecular formula is C12H15BrN2O5. The fourth-order valence-electron chi connectivity index (χ4n) is 1.70. The zero-order valence-electron chi connectivity index (χ0n) is 10.9. The standard InChI is InChI=1S/C12H15BrN2O5/c1-20-6-5-14(8-11(16)17)7-9-3-2-4-10(12(9)13)15(18)19/h2-4H,5-8H2,1H3,(H,16,17). The van der Waals surface area contributed by atoms with Gasteiger partial charge >= 0.3 is 5.97 Å². The number of halogens is 1. The smallest absolute Gasteiger partial charge is 0.317 e. The number of benzene rings is 1. The van der Waals surface area contributed by atoms with E-state index in [2.05, 4.69) is 15.9 Å². The molecule has 0 aliphatic carbocycles. The Kier molecular flexibility index (Phi) is 6.56. The summed E-state index contributed by atoms with van der Waals surface area (Å²) >= 11 is 3.20. The number of hydrogen-bond acceptors (Lipinski definition) is 5. The monoisotopic (exact) mass is 346 g/mol. The molecule has 0 bridgehead atoms. The molecule has 1 N–H and O–H groups in total. The zero-order chi connectivity index (χ0) is 15.1. The second kappa shape index (κ2) is 7.93. The number of aliphatic carboxylic acids is 1. The summed E-state index contributed by atoms with van der Waals surface area (Å²) in [6.45, 7) is 0.953. The molecule has 0 amide bonds. The molecule has 0 fully saturated rings. The summed E-state index contributed by atoms with van der Waals surface area (Å²) < 4.78 is 5.30. The molecular weight excluding hydrogens is 332 g/mol. The molecule has 0 spiro atoms. The highest BCUT2D eigenvalue weighted by Gasteiger charge is 2.17. The topological polar surface area (TPSA) is 92.9 Å². The highest BCUT2D eigenvalue weighted by Crippen LogP contribution is 2.29. The maximum absolute atomic E-state index is 10.9. The second-order valence-electron chi connectivity index (χ2n) is 4.10. The molecule has 1 aromatic rings. The molecule has 0 atom stereocenters. The minimum absolute atomic E-state index is 0.0375. The quantitative estimate of drug-likeness (QED) is 0.570. The Morgan fingerprint density at radius 3 is 2.80 bits per heavy atom. The van der Waals surface area contributed by atoms with Crippen molar-refractivity contribution in [2.75, 3.05) is 26.8 Å². The van der Waals surface area contributed by atoms with Gasteiger partial charge in [0.05, 0.1) is 22.5 Å². The average molecular weight is 347 g/mol. The number of nitro groups is 1. The highest BCUT2D eigenvalue weighted by atomic mass is 79.9. The van der Waals surface area contributed by atoms with E-state index in [1.165, 1.54) is 13.2 Å². The van der Waals surface area contributed by atoms with Crippen molar-refractivity contribution in [2.45, 2.75) is 6.54 Å². The number of ether oxygens (including phenoxy) is 1. The Hall–Kier alpha value is -1.51. The van der Waals surface area contributed by atoms with Gasteiger partial charge in [0.2, 0.25) is 0 Å². The van der Waals surface area contributed by atoms with E-state index in [0.717, 1.165) is 0 Å². The maximum Gasteiger partial charge on any atom is 0.317 e. The molecule has 0 aliphatic rings. The van der Waals surface area contributed by atoms with E-state index < -0.39 is 10.9 Å². The van der Waals surface area contributed by atoms with Crippen LogP contribution in [0.15, 0.2) is 22.7 Å². The van der Waals surface area contributed by atoms with Gasteiger partial charge in [-0.15, -0.1) is 0 Å². The van der Waals surface area contributed by atoms with Crippen molar-refractivity contribution >= 4 is 27.6 Å². The van der Waals surface area contributed by atoms with Crippen LogP contribution in [-0.2, 0) is 16.1 Å². The van der Waals surface area contributed by atoms with E-state index >= 15 is 0 Å². The first kappa shape index (κ1) is 16.5. The van der Waals surface area contributed by atoms with Crippen molar-refractivity contribution in [1.82, 2.24) is 4.90 Å². The van der Waals surface area contributed by atoms with Crippen LogP contribution in [0.4, 0.5) is 5.69 Å². The lowest BCUT2D eigenvalue weighted by molar-refractivity contribution is -0.385. The van der Waals surface area contributed by atoms with E-state index in [1.807, 2.05) is 0 Å². The van der Waals surface area contributed by atoms with Crippen LogP contribution in [0.5, 0.6) is 0 Å². The van der Waals surface area contributed by atoms with Gasteiger partial charge in [0, 0.05) is 26.3 Å². The van der Waals surface area contributed by atoms with Crippen LogP contribution in [0.3, 0.4) is 0 Å². The first-order valence-electron chi connectivity index (χ1n) is 5.80. The molecule has 0 heterocycles. The fraction of sp³-hybridized carbons (Fsp3) is 0.417. The predicted octanol–water partition coefficient (Wildman–Crippen LogP) is 1.89. The van der Waals surface area contributed by atoms with Gasteiger partial charge in [-0.25, -0.2) is 0 Å². The third-order valence-electron chi connectivity index (χ3n) is 2.62. The molecule has 1 rings (SSSR count). The molecule has 0 saturated heterocycles. The van der Waals surface area contributed by atoms with Gasteiger partial charge in [0.15, 0.2) is 0 Å². The molecule has 0 saturated carbocycles. The summed E-state index contributed by atoms with van der Waals surface area (Å²) in [5, 5.41) is 19.7. The fourth-order valence-corrected chi connectivity index (χ4v) is 2.23. The zero-order valence-corrected chi connectivity index (χ0v) is 12.5. The molecule has 0 radical (unpaired) electrons. The normalized spacial score (nSPS) is 10.8. The summed E-state index contributed by atoms with van der Waals surface area (Å²) in [5.74, 6) is -0.956. The molecule has 0 aliphatic heterocycles. The van der Waals surface area contributed by atoms with Gasteiger partial charge in [-0.1, -0.05) is 12.1 Å². The van der Waals surface area contributed by atoms with Crippen molar-refractivity contribution in [3.63, 3.8) is 0 Å². The van der Waals surface area contributed by atoms with E-state index in [-0.39, 0.29) is 18.8 Å². The lowest BCUT2D eigenvalue weighted by atomic mass is 10.2. The third kappa shape index (κ3) is 4.87. The van der Waals surface area contributed by atoms with Crippen LogP contribution in [0, 0.1) is 10.1 Å². The Bertz CT molecular complexity index is 495.